The zero-order valence-corrected chi connectivity index (χ0v) is 12.9. The van der Waals surface area contributed by atoms with Crippen LogP contribution >= 0.6 is 0 Å². The molecule has 0 bridgehead atoms. The van der Waals surface area contributed by atoms with Crippen LogP contribution in [0.25, 0.3) is 0 Å². The lowest BCUT2D eigenvalue weighted by atomic mass is 9.77. The first-order valence-corrected chi connectivity index (χ1v) is 9.92. The second-order valence-corrected chi connectivity index (χ2v) is 10.9. The average Bonchev–Trinajstić information content (AvgIpc) is 2.17. The lowest BCUT2D eigenvalue weighted by Gasteiger charge is -2.43. The van der Waals surface area contributed by atoms with Crippen molar-refractivity contribution in [3.05, 3.63) is 0 Å². The minimum absolute atomic E-state index is 0.285. The molecule has 0 aromatic rings. The van der Waals surface area contributed by atoms with Crippen molar-refractivity contribution in [2.75, 3.05) is 6.61 Å². The molecule has 0 spiro atoms. The van der Waals surface area contributed by atoms with E-state index < -0.39 is 8.32 Å². The monoisotopic (exact) mass is 244 g/mol. The molecule has 16 heavy (non-hydrogen) atoms. The third-order valence-electron chi connectivity index (χ3n) is 4.06. The van der Waals surface area contributed by atoms with Gasteiger partial charge < -0.3 is 9.16 Å². The van der Waals surface area contributed by atoms with Gasteiger partial charge in [-0.3, -0.25) is 0 Å². The van der Waals surface area contributed by atoms with Crippen LogP contribution in [0.3, 0.4) is 0 Å². The molecule has 2 unspecified atom stereocenters. The molecule has 1 saturated heterocycles. The quantitative estimate of drug-likeness (QED) is 0.707. The molecule has 0 aliphatic carbocycles. The Morgan fingerprint density at radius 3 is 2.00 bits per heavy atom. The van der Waals surface area contributed by atoms with Crippen LogP contribution in [0.4, 0.5) is 0 Å². The van der Waals surface area contributed by atoms with Gasteiger partial charge >= 0.3 is 0 Å². The summed E-state index contributed by atoms with van der Waals surface area (Å²) in [6, 6.07) is 0. The second kappa shape index (κ2) is 5.19. The summed E-state index contributed by atoms with van der Waals surface area (Å²) >= 11 is 0. The topological polar surface area (TPSA) is 18.5 Å². The summed E-state index contributed by atoms with van der Waals surface area (Å²) in [5, 5.41) is 0. The lowest BCUT2D eigenvalue weighted by molar-refractivity contribution is -0.137. The highest BCUT2D eigenvalue weighted by molar-refractivity contribution is 6.69. The first-order chi connectivity index (χ1) is 7.22. The third-order valence-corrected chi connectivity index (χ3v) is 5.09. The summed E-state index contributed by atoms with van der Waals surface area (Å²) < 4.78 is 12.1. The number of ether oxygens (including phenoxy) is 1. The largest absolute Gasteiger partial charge is 0.415 e. The molecule has 0 radical (unpaired) electrons. The van der Waals surface area contributed by atoms with Gasteiger partial charge in [0.2, 0.25) is 0 Å². The lowest BCUT2D eigenvalue weighted by Crippen LogP contribution is -2.46. The van der Waals surface area contributed by atoms with Gasteiger partial charge in [0.1, 0.15) is 0 Å². The van der Waals surface area contributed by atoms with Crippen LogP contribution in [-0.2, 0) is 9.16 Å². The summed E-state index contributed by atoms with van der Waals surface area (Å²) in [6.07, 6.45) is 0.648. The van der Waals surface area contributed by atoms with Gasteiger partial charge in [0.15, 0.2) is 8.32 Å². The van der Waals surface area contributed by atoms with Crippen molar-refractivity contribution < 1.29 is 9.16 Å². The fraction of sp³-hybridized carbons (Fsp3) is 1.00. The summed E-state index contributed by atoms with van der Waals surface area (Å²) in [5.74, 6) is 1.97. The number of hydrogen-bond acceptors (Lipinski definition) is 2. The van der Waals surface area contributed by atoms with Crippen molar-refractivity contribution in [1.82, 2.24) is 0 Å². The summed E-state index contributed by atoms with van der Waals surface area (Å²) in [4.78, 5) is 0. The standard InChI is InChI=1S/C13H28O2Si/c1-9-10(2)12(4)15-13(11(9)3)8-14-16(5,6)7/h9-13H,8H2,1-7H3/t9-,10?,11+,12+,13?/m1/s1. The Balaban J connectivity index is 2.54. The van der Waals surface area contributed by atoms with E-state index in [2.05, 4.69) is 47.3 Å². The Labute approximate surface area is 102 Å². The fourth-order valence-corrected chi connectivity index (χ4v) is 2.96. The number of rotatable bonds is 3. The van der Waals surface area contributed by atoms with E-state index >= 15 is 0 Å². The molecule has 0 aromatic carbocycles. The van der Waals surface area contributed by atoms with Gasteiger partial charge in [-0.25, -0.2) is 0 Å². The average molecular weight is 244 g/mol. The van der Waals surface area contributed by atoms with E-state index in [1.807, 2.05) is 0 Å². The molecule has 3 heteroatoms. The Morgan fingerprint density at radius 1 is 0.938 bits per heavy atom. The maximum Gasteiger partial charge on any atom is 0.183 e. The van der Waals surface area contributed by atoms with Crippen molar-refractivity contribution in [3.63, 3.8) is 0 Å². The first kappa shape index (κ1) is 14.2. The van der Waals surface area contributed by atoms with E-state index in [0.29, 0.717) is 17.9 Å². The molecule has 5 atom stereocenters. The van der Waals surface area contributed by atoms with E-state index in [1.165, 1.54) is 0 Å². The van der Waals surface area contributed by atoms with E-state index in [9.17, 15) is 0 Å². The van der Waals surface area contributed by atoms with E-state index in [1.54, 1.807) is 0 Å². The van der Waals surface area contributed by atoms with Gasteiger partial charge in [0, 0.05) is 0 Å². The van der Waals surface area contributed by atoms with Crippen LogP contribution in [0.5, 0.6) is 0 Å². The zero-order valence-electron chi connectivity index (χ0n) is 11.9. The molecule has 96 valence electrons. The van der Waals surface area contributed by atoms with Crippen LogP contribution in [0, 0.1) is 17.8 Å². The van der Waals surface area contributed by atoms with Crippen molar-refractivity contribution in [2.45, 2.75) is 59.5 Å². The van der Waals surface area contributed by atoms with Crippen molar-refractivity contribution in [1.29, 1.82) is 0 Å². The van der Waals surface area contributed by atoms with Crippen LogP contribution in [-0.4, -0.2) is 27.1 Å². The molecular weight excluding hydrogens is 216 g/mol. The molecule has 1 aliphatic heterocycles. The molecule has 0 saturated carbocycles. The number of hydrogen-bond donors (Lipinski definition) is 0. The fourth-order valence-electron chi connectivity index (χ4n) is 2.29. The molecule has 1 rings (SSSR count). The molecule has 1 aliphatic rings. The Hall–Kier alpha value is 0.137. The SMILES string of the molecule is CC1[C@H](C)OC(CO[Si](C)(C)C)[C@@H](C)[C@@H]1C. The van der Waals surface area contributed by atoms with E-state index in [-0.39, 0.29) is 6.10 Å². The summed E-state index contributed by atoms with van der Waals surface area (Å²) in [6.45, 7) is 16.6. The van der Waals surface area contributed by atoms with Crippen LogP contribution in [0.15, 0.2) is 0 Å². The van der Waals surface area contributed by atoms with Crippen molar-refractivity contribution in [3.8, 4) is 0 Å². The van der Waals surface area contributed by atoms with E-state index in [4.69, 9.17) is 9.16 Å². The highest BCUT2D eigenvalue weighted by atomic mass is 28.4. The second-order valence-electron chi connectivity index (χ2n) is 6.38. The van der Waals surface area contributed by atoms with Crippen LogP contribution < -0.4 is 0 Å². The maximum absolute atomic E-state index is 6.07. The first-order valence-electron chi connectivity index (χ1n) is 6.52. The van der Waals surface area contributed by atoms with Gasteiger partial charge in [-0.15, -0.1) is 0 Å². The molecule has 1 heterocycles. The van der Waals surface area contributed by atoms with Crippen LogP contribution in [0.2, 0.25) is 19.6 Å². The highest BCUT2D eigenvalue weighted by Crippen LogP contribution is 2.35. The predicted molar refractivity (Wildman–Crippen MR) is 71.1 cm³/mol. The van der Waals surface area contributed by atoms with Gasteiger partial charge in [-0.05, 0) is 44.3 Å². The smallest absolute Gasteiger partial charge is 0.183 e. The molecule has 0 N–H and O–H groups in total. The normalized spacial score (nSPS) is 41.1. The summed E-state index contributed by atoms with van der Waals surface area (Å²) in [7, 11) is -1.41. The molecule has 2 nitrogen and oxygen atoms in total. The maximum atomic E-state index is 6.07. The van der Waals surface area contributed by atoms with Crippen molar-refractivity contribution >= 4 is 8.32 Å². The Morgan fingerprint density at radius 2 is 1.50 bits per heavy atom. The Bertz CT molecular complexity index is 224. The molecular formula is C13H28O2Si. The van der Waals surface area contributed by atoms with Gasteiger partial charge in [0.25, 0.3) is 0 Å². The van der Waals surface area contributed by atoms with Gasteiger partial charge in [-0.2, -0.15) is 0 Å². The van der Waals surface area contributed by atoms with Gasteiger partial charge in [-0.1, -0.05) is 20.8 Å². The zero-order chi connectivity index (χ0) is 12.5. The van der Waals surface area contributed by atoms with Crippen molar-refractivity contribution in [2.24, 2.45) is 17.8 Å². The molecule has 0 aromatic heterocycles. The predicted octanol–water partition coefficient (Wildman–Crippen LogP) is 3.53. The Kier molecular flexibility index (Phi) is 4.61. The molecule has 1 fully saturated rings. The van der Waals surface area contributed by atoms with Crippen LogP contribution in [0.1, 0.15) is 27.7 Å². The van der Waals surface area contributed by atoms with Gasteiger partial charge in [0.05, 0.1) is 18.8 Å². The minimum atomic E-state index is -1.41. The third kappa shape index (κ3) is 3.57. The molecule has 0 amide bonds. The minimum Gasteiger partial charge on any atom is -0.415 e. The summed E-state index contributed by atoms with van der Waals surface area (Å²) in [5.41, 5.74) is 0. The van der Waals surface area contributed by atoms with E-state index in [0.717, 1.165) is 12.5 Å². The highest BCUT2D eigenvalue weighted by Gasteiger charge is 2.37.